The predicted molar refractivity (Wildman–Crippen MR) is 435 cm³/mol. The molecular formula is C86H118FN9O12S3. The molecule has 604 valence electrons. The van der Waals surface area contributed by atoms with Gasteiger partial charge >= 0.3 is 0 Å². The van der Waals surface area contributed by atoms with Crippen LogP contribution in [0.25, 0.3) is 31.3 Å². The summed E-state index contributed by atoms with van der Waals surface area (Å²) in [5, 5.41) is 39.5. The van der Waals surface area contributed by atoms with E-state index in [0.717, 1.165) is 84.4 Å². The number of hydrogen-bond donors (Lipinski definition) is 6. The van der Waals surface area contributed by atoms with Crippen LogP contribution in [0.15, 0.2) is 89.3 Å². The number of aryl methyl sites for hydroxylation is 5. The van der Waals surface area contributed by atoms with Gasteiger partial charge in [0.2, 0.25) is 35.4 Å². The highest BCUT2D eigenvalue weighted by molar-refractivity contribution is 7.14. The number of aliphatic hydroxyl groups excluding tert-OH is 3. The summed E-state index contributed by atoms with van der Waals surface area (Å²) in [4.78, 5) is 139. The fourth-order valence-corrected chi connectivity index (χ4v) is 17.1. The van der Waals surface area contributed by atoms with Crippen molar-refractivity contribution in [1.29, 1.82) is 0 Å². The monoisotopic (exact) mass is 1580 g/mol. The van der Waals surface area contributed by atoms with Gasteiger partial charge in [-0.25, -0.2) is 19.3 Å². The lowest BCUT2D eigenvalue weighted by atomic mass is 9.78. The Morgan fingerprint density at radius 1 is 0.486 bits per heavy atom. The number of carbonyl (C=O) groups is 9. The molecule has 6 amide bonds. The molecule has 6 heterocycles. The van der Waals surface area contributed by atoms with Crippen LogP contribution in [0.5, 0.6) is 0 Å². The van der Waals surface area contributed by atoms with E-state index in [1.54, 1.807) is 34.0 Å². The molecule has 3 aromatic heterocycles. The molecular weight excluding hydrogens is 1470 g/mol. The zero-order valence-electron chi connectivity index (χ0n) is 67.9. The molecule has 0 radical (unpaired) electrons. The second kappa shape index (κ2) is 38.3. The van der Waals surface area contributed by atoms with Crippen molar-refractivity contribution in [2.45, 2.75) is 274 Å². The number of ketones is 3. The van der Waals surface area contributed by atoms with Crippen LogP contribution in [0.3, 0.4) is 0 Å². The van der Waals surface area contributed by atoms with Crippen molar-refractivity contribution in [3.63, 3.8) is 0 Å². The lowest BCUT2D eigenvalue weighted by molar-refractivity contribution is -0.144. The van der Waals surface area contributed by atoms with Crippen molar-refractivity contribution >= 4 is 86.8 Å². The third-order valence-corrected chi connectivity index (χ3v) is 23.7. The van der Waals surface area contributed by atoms with Crippen molar-refractivity contribution in [3.05, 3.63) is 123 Å². The number of Topliss-reactive ketones (excluding diaryl/α,β-unsaturated/α-hetero) is 3. The number of β-amino-alcohol motifs (C(OH)–C–C–N with tert-alkyl or cyclic N) is 3. The quantitative estimate of drug-likeness (QED) is 0.0279. The Labute approximate surface area is 667 Å². The average molecular weight is 1590 g/mol. The van der Waals surface area contributed by atoms with Gasteiger partial charge in [0.05, 0.1) is 84.7 Å². The van der Waals surface area contributed by atoms with Gasteiger partial charge in [0.25, 0.3) is 0 Å². The number of benzene rings is 3. The molecule has 3 aliphatic heterocycles. The molecule has 10 rings (SSSR count). The van der Waals surface area contributed by atoms with Gasteiger partial charge in [-0.1, -0.05) is 162 Å². The van der Waals surface area contributed by atoms with Crippen LogP contribution in [0.2, 0.25) is 0 Å². The number of likely N-dealkylation sites (tertiary alicyclic amines) is 3. The van der Waals surface area contributed by atoms with Gasteiger partial charge < -0.3 is 46.0 Å². The van der Waals surface area contributed by atoms with E-state index in [1.165, 1.54) is 28.5 Å². The minimum Gasteiger partial charge on any atom is -0.391 e. The highest BCUT2D eigenvalue weighted by Crippen LogP contribution is 2.37. The zero-order chi connectivity index (χ0) is 81.8. The Hall–Kier alpha value is -7.81. The Kier molecular flexibility index (Phi) is 30.7. The number of aliphatic hydroxyl groups is 3. The van der Waals surface area contributed by atoms with Crippen LogP contribution in [-0.4, -0.2) is 178 Å². The maximum atomic E-state index is 15.1. The molecule has 3 saturated heterocycles. The number of amides is 6. The number of hydrogen-bond acceptors (Lipinski definition) is 18. The first-order chi connectivity index (χ1) is 51.9. The second-order valence-electron chi connectivity index (χ2n) is 35.3. The Morgan fingerprint density at radius 3 is 1.18 bits per heavy atom. The van der Waals surface area contributed by atoms with E-state index in [0.29, 0.717) is 25.7 Å². The predicted octanol–water partition coefficient (Wildman–Crippen LogP) is 13.3. The van der Waals surface area contributed by atoms with Gasteiger partial charge in [0, 0.05) is 77.4 Å². The summed E-state index contributed by atoms with van der Waals surface area (Å²) in [6.45, 7) is 31.9. The minimum atomic E-state index is -2.05. The van der Waals surface area contributed by atoms with Crippen molar-refractivity contribution in [3.8, 4) is 31.3 Å². The first kappa shape index (κ1) is 88.8. The van der Waals surface area contributed by atoms with E-state index in [1.807, 2.05) is 169 Å². The summed E-state index contributed by atoms with van der Waals surface area (Å²) < 4.78 is 15.1. The third-order valence-electron chi connectivity index (χ3n) is 20.8. The van der Waals surface area contributed by atoms with Crippen LogP contribution in [0.1, 0.15) is 214 Å². The molecule has 4 fully saturated rings. The van der Waals surface area contributed by atoms with E-state index in [2.05, 4.69) is 55.2 Å². The highest BCUT2D eigenvalue weighted by Gasteiger charge is 2.48. The number of carbonyl (C=O) groups excluding carboxylic acids is 9. The third kappa shape index (κ3) is 25.3. The molecule has 6 aromatic rings. The number of rotatable bonds is 27. The Balaban J connectivity index is 0.000000209. The Bertz CT molecular complexity index is 4180. The van der Waals surface area contributed by atoms with Gasteiger partial charge in [-0.2, -0.15) is 0 Å². The van der Waals surface area contributed by atoms with Gasteiger partial charge in [-0.05, 0) is 128 Å². The van der Waals surface area contributed by atoms with Crippen LogP contribution in [-0.2, 0) is 56.0 Å². The van der Waals surface area contributed by atoms with Crippen LogP contribution >= 0.6 is 34.0 Å². The van der Waals surface area contributed by atoms with Crippen LogP contribution in [0.4, 0.5) is 4.39 Å². The van der Waals surface area contributed by atoms with E-state index >= 15 is 4.39 Å². The summed E-state index contributed by atoms with van der Waals surface area (Å²) in [6, 6.07) is 19.3. The fraction of sp³-hybridized carbons (Fsp3) is 0.581. The standard InChI is InChI=1S/C30H41N3O4S.C28H38FN3O4S.C28H39N3O4S/c1-18(20-9-11-22(12-10-20)28-19(2)31-17-38-28)13-25(35)24-14-23(34)16-33(24)29(37)27(21-7-6-8-21)32-26(36)15-30(3,4)5;1-17-24(37-16-30-17)19-10-7-18(8-11-19)9-12-22(34)21-13-20(33)15-32(21)26(36)25(28(5,6)29)31-23(35)14-27(2,3)4;1-17(2)25(30-24(34)14-28(4,5)6)27(35)31-15-21(32)13-22(31)23(33)12-9-19-7-10-20(11-8-19)26-18(3)29-16-36-26/h9-12,17-18,21,23-24,27,34H,6-8,13-16H2,1-5H3,(H,32,36);7-8,10-11,16,20-21,25,33H,9,12-15H2,1-6H3,(H,31,35);7-8,10-11,16-17,21-22,25,32H,9,12-15H2,1-6H3,(H,30,34). The van der Waals surface area contributed by atoms with E-state index in [9.17, 15) is 58.5 Å². The molecule has 0 bridgehead atoms. The number of nitrogens with zero attached hydrogens (tertiary/aromatic N) is 6. The summed E-state index contributed by atoms with van der Waals surface area (Å²) >= 11 is 4.79. The number of thiazole rings is 3. The van der Waals surface area contributed by atoms with Gasteiger partial charge in [-0.15, -0.1) is 34.0 Å². The Morgan fingerprint density at radius 2 is 0.838 bits per heavy atom. The number of halogens is 1. The molecule has 1 saturated carbocycles. The van der Waals surface area contributed by atoms with Gasteiger partial charge in [-0.3, -0.25) is 43.2 Å². The first-order valence-electron chi connectivity index (χ1n) is 39.0. The smallest absolute Gasteiger partial charge is 0.249 e. The largest absolute Gasteiger partial charge is 0.391 e. The second-order valence-corrected chi connectivity index (χ2v) is 37.9. The van der Waals surface area contributed by atoms with Crippen molar-refractivity contribution in [1.82, 2.24) is 45.6 Å². The summed E-state index contributed by atoms with van der Waals surface area (Å²) in [5.41, 5.74) is 12.1. The van der Waals surface area contributed by atoms with Crippen molar-refractivity contribution in [2.24, 2.45) is 28.1 Å². The minimum absolute atomic E-state index is 0.0253. The van der Waals surface area contributed by atoms with E-state index < -0.39 is 72.0 Å². The highest BCUT2D eigenvalue weighted by atomic mass is 32.1. The SMILES string of the molecule is Cc1ncsc1-c1ccc(C(C)CC(=O)C2CC(O)CN2C(=O)C(NC(=O)CC(C)(C)C)C2CCC2)cc1.Cc1ncsc1-c1ccc(CCC(=O)C2CC(O)CN2C(=O)C(NC(=O)CC(C)(C)C)C(C)(C)F)cc1.Cc1ncsc1-c1ccc(CCC(=O)C2CC(O)CN2C(=O)C(NC(=O)CC(C)(C)C)C(C)C)cc1. The van der Waals surface area contributed by atoms with Gasteiger partial charge in [0.15, 0.2) is 17.3 Å². The number of nitrogens with one attached hydrogen (secondary N) is 3. The molecule has 10 atom stereocenters. The maximum Gasteiger partial charge on any atom is 0.249 e. The normalized spacial score (nSPS) is 19.9. The lowest BCUT2D eigenvalue weighted by Crippen LogP contribution is -2.59. The number of aromatic nitrogens is 3. The molecule has 10 unspecified atom stereocenters. The van der Waals surface area contributed by atoms with Crippen molar-refractivity contribution < 1.29 is 62.9 Å². The van der Waals surface area contributed by atoms with E-state index in [4.69, 9.17) is 0 Å². The summed E-state index contributed by atoms with van der Waals surface area (Å²) in [7, 11) is 0. The average Bonchev–Trinajstić information content (AvgIpc) is 1.76. The number of alkyl halides is 1. The topological polar surface area (TPSA) is 299 Å². The van der Waals surface area contributed by atoms with Crippen LogP contribution < -0.4 is 16.0 Å². The maximum absolute atomic E-state index is 15.1. The van der Waals surface area contributed by atoms with Crippen molar-refractivity contribution in [2.75, 3.05) is 19.6 Å². The molecule has 111 heavy (non-hydrogen) atoms. The molecule has 6 N–H and O–H groups in total. The van der Waals surface area contributed by atoms with Crippen LogP contribution in [0, 0.1) is 48.9 Å². The van der Waals surface area contributed by atoms with E-state index in [-0.39, 0.29) is 140 Å². The fourth-order valence-electron chi connectivity index (χ4n) is 14.7. The molecule has 3 aromatic carbocycles. The molecule has 4 aliphatic rings. The molecule has 0 spiro atoms. The first-order valence-corrected chi connectivity index (χ1v) is 41.7. The molecule has 21 nitrogen and oxygen atoms in total. The molecule has 25 heteroatoms. The molecule has 1 aliphatic carbocycles. The van der Waals surface area contributed by atoms with Gasteiger partial charge in [0.1, 0.15) is 23.8 Å². The summed E-state index contributed by atoms with van der Waals surface area (Å²) in [5.74, 6) is -2.36. The lowest BCUT2D eigenvalue weighted by Gasteiger charge is -2.37. The zero-order valence-corrected chi connectivity index (χ0v) is 70.4. The summed E-state index contributed by atoms with van der Waals surface area (Å²) in [6.07, 6.45) is 3.55.